The minimum absolute atomic E-state index is 0.597. The Kier molecular flexibility index (Phi) is 4.23. The van der Waals surface area contributed by atoms with E-state index in [0.29, 0.717) is 5.25 Å². The van der Waals surface area contributed by atoms with Gasteiger partial charge in [-0.25, -0.2) is 0 Å². The summed E-state index contributed by atoms with van der Waals surface area (Å²) >= 11 is 6.76. The lowest BCUT2D eigenvalue weighted by molar-refractivity contribution is 0.647. The molecular formula is C6H13NS2. The van der Waals surface area contributed by atoms with E-state index in [9.17, 15) is 0 Å². The number of hydrogen-bond donors (Lipinski definition) is 0. The third-order valence-corrected chi connectivity index (χ3v) is 2.39. The molecule has 0 N–H and O–H groups in total. The van der Waals surface area contributed by atoms with Crippen molar-refractivity contribution in [1.29, 1.82) is 0 Å². The average molecular weight is 163 g/mol. The first-order valence-electron chi connectivity index (χ1n) is 2.92. The van der Waals surface area contributed by atoms with E-state index < -0.39 is 0 Å². The largest absolute Gasteiger partial charge is 0.364 e. The van der Waals surface area contributed by atoms with Crippen molar-refractivity contribution in [3.63, 3.8) is 0 Å². The average Bonchev–Trinajstić information content (AvgIpc) is 1.63. The minimum atomic E-state index is 0.597. The van der Waals surface area contributed by atoms with E-state index in [1.165, 1.54) is 0 Å². The van der Waals surface area contributed by atoms with E-state index in [2.05, 4.69) is 13.8 Å². The molecule has 0 aliphatic heterocycles. The number of nitrogens with zero attached hydrogens (tertiary/aromatic N) is 1. The smallest absolute Gasteiger partial charge is 0.136 e. The summed E-state index contributed by atoms with van der Waals surface area (Å²) in [6, 6.07) is 0. The Bertz CT molecular complexity index is 99.2. The lowest BCUT2D eigenvalue weighted by Crippen LogP contribution is -2.17. The quantitative estimate of drug-likeness (QED) is 0.544. The fraction of sp³-hybridized carbons (Fsp3) is 0.833. The van der Waals surface area contributed by atoms with Gasteiger partial charge in [0.25, 0.3) is 0 Å². The van der Waals surface area contributed by atoms with Gasteiger partial charge in [-0.05, 0) is 0 Å². The third kappa shape index (κ3) is 4.73. The molecule has 3 heteroatoms. The van der Waals surface area contributed by atoms with Crippen molar-refractivity contribution in [3.05, 3.63) is 0 Å². The van der Waals surface area contributed by atoms with E-state index in [1.54, 1.807) is 11.8 Å². The van der Waals surface area contributed by atoms with E-state index in [-0.39, 0.29) is 0 Å². The first-order valence-corrected chi connectivity index (χ1v) is 4.20. The van der Waals surface area contributed by atoms with Gasteiger partial charge in [0.05, 0.1) is 0 Å². The molecule has 0 heterocycles. The molecule has 0 saturated heterocycles. The zero-order chi connectivity index (χ0) is 7.44. The molecule has 0 fully saturated rings. The highest BCUT2D eigenvalue weighted by Gasteiger charge is 2.01. The first-order chi connectivity index (χ1) is 4.04. The number of thiocarbonyl (C=S) groups is 1. The van der Waals surface area contributed by atoms with Crippen molar-refractivity contribution in [2.75, 3.05) is 14.1 Å². The van der Waals surface area contributed by atoms with Gasteiger partial charge in [0, 0.05) is 19.3 Å². The highest BCUT2D eigenvalue weighted by atomic mass is 32.2. The van der Waals surface area contributed by atoms with Gasteiger partial charge in [0.15, 0.2) is 0 Å². The highest BCUT2D eigenvalue weighted by molar-refractivity contribution is 8.23. The van der Waals surface area contributed by atoms with Crippen molar-refractivity contribution in [2.24, 2.45) is 0 Å². The van der Waals surface area contributed by atoms with Gasteiger partial charge in [-0.3, -0.25) is 0 Å². The van der Waals surface area contributed by atoms with E-state index >= 15 is 0 Å². The van der Waals surface area contributed by atoms with Crippen LogP contribution >= 0.6 is 24.0 Å². The van der Waals surface area contributed by atoms with Crippen LogP contribution in [0.1, 0.15) is 13.8 Å². The van der Waals surface area contributed by atoms with Gasteiger partial charge in [-0.1, -0.05) is 37.8 Å². The molecule has 0 spiro atoms. The predicted molar refractivity (Wildman–Crippen MR) is 49.0 cm³/mol. The summed E-state index contributed by atoms with van der Waals surface area (Å²) in [5.41, 5.74) is 0. The van der Waals surface area contributed by atoms with Crippen molar-refractivity contribution < 1.29 is 0 Å². The monoisotopic (exact) mass is 163 g/mol. The SMILES string of the molecule is CC(C)SC(=S)N(C)C. The van der Waals surface area contributed by atoms with Crippen molar-refractivity contribution in [1.82, 2.24) is 4.90 Å². The molecule has 9 heavy (non-hydrogen) atoms. The molecule has 0 aromatic carbocycles. The zero-order valence-corrected chi connectivity index (χ0v) is 7.97. The topological polar surface area (TPSA) is 3.24 Å². The van der Waals surface area contributed by atoms with Gasteiger partial charge in [-0.15, -0.1) is 0 Å². The second kappa shape index (κ2) is 4.12. The second-order valence-corrected chi connectivity index (χ2v) is 4.54. The molecule has 1 nitrogen and oxygen atoms in total. The van der Waals surface area contributed by atoms with Crippen LogP contribution in [0.2, 0.25) is 0 Å². The summed E-state index contributed by atoms with van der Waals surface area (Å²) in [7, 11) is 3.94. The van der Waals surface area contributed by atoms with Gasteiger partial charge in [-0.2, -0.15) is 0 Å². The van der Waals surface area contributed by atoms with Crippen molar-refractivity contribution in [3.8, 4) is 0 Å². The fourth-order valence-electron chi connectivity index (χ4n) is 0.307. The number of thioether (sulfide) groups is 1. The lowest BCUT2D eigenvalue weighted by atomic mass is 10.6. The van der Waals surface area contributed by atoms with Gasteiger partial charge < -0.3 is 4.90 Å². The lowest BCUT2D eigenvalue weighted by Gasteiger charge is -2.13. The molecule has 0 bridgehead atoms. The summed E-state index contributed by atoms with van der Waals surface area (Å²) in [5, 5.41) is 0.597. The van der Waals surface area contributed by atoms with Gasteiger partial charge >= 0.3 is 0 Å². The van der Waals surface area contributed by atoms with Crippen LogP contribution in [0, 0.1) is 0 Å². The Morgan fingerprint density at radius 1 is 1.44 bits per heavy atom. The molecule has 54 valence electrons. The maximum Gasteiger partial charge on any atom is 0.136 e. The Morgan fingerprint density at radius 3 is 2.00 bits per heavy atom. The standard InChI is InChI=1S/C6H13NS2/c1-5(2)9-6(8)7(3)4/h5H,1-4H3. The molecule has 0 saturated carbocycles. The van der Waals surface area contributed by atoms with E-state index in [4.69, 9.17) is 12.2 Å². The Hall–Kier alpha value is 0.240. The normalized spacial score (nSPS) is 9.89. The maximum absolute atomic E-state index is 5.04. The van der Waals surface area contributed by atoms with Gasteiger partial charge in [0.2, 0.25) is 0 Å². The molecule has 0 atom stereocenters. The molecule has 0 aliphatic carbocycles. The molecule has 0 aromatic rings. The van der Waals surface area contributed by atoms with E-state index in [1.807, 2.05) is 19.0 Å². The first kappa shape index (κ1) is 9.24. The molecule has 0 amide bonds. The maximum atomic E-state index is 5.04. The summed E-state index contributed by atoms with van der Waals surface area (Å²) in [5.74, 6) is 0. The zero-order valence-electron chi connectivity index (χ0n) is 6.34. The van der Waals surface area contributed by atoms with Crippen LogP contribution < -0.4 is 0 Å². The Labute approximate surface area is 66.8 Å². The minimum Gasteiger partial charge on any atom is -0.364 e. The number of hydrogen-bond acceptors (Lipinski definition) is 2. The van der Waals surface area contributed by atoms with Crippen LogP contribution in [0.25, 0.3) is 0 Å². The highest BCUT2D eigenvalue weighted by Crippen LogP contribution is 2.12. The molecule has 0 aliphatic rings. The van der Waals surface area contributed by atoms with Gasteiger partial charge in [0.1, 0.15) is 4.32 Å². The van der Waals surface area contributed by atoms with Crippen LogP contribution in [0.3, 0.4) is 0 Å². The Morgan fingerprint density at radius 2 is 1.89 bits per heavy atom. The second-order valence-electron chi connectivity index (χ2n) is 2.33. The fourth-order valence-corrected chi connectivity index (χ4v) is 1.50. The molecular weight excluding hydrogens is 150 g/mol. The molecule has 0 unspecified atom stereocenters. The van der Waals surface area contributed by atoms with Crippen LogP contribution in [-0.2, 0) is 0 Å². The van der Waals surface area contributed by atoms with E-state index in [0.717, 1.165) is 4.32 Å². The van der Waals surface area contributed by atoms with Crippen molar-refractivity contribution >= 4 is 28.3 Å². The molecule has 0 radical (unpaired) electrons. The van der Waals surface area contributed by atoms with Crippen LogP contribution in [0.4, 0.5) is 0 Å². The summed E-state index contributed by atoms with van der Waals surface area (Å²) in [6.45, 7) is 4.28. The summed E-state index contributed by atoms with van der Waals surface area (Å²) in [6.07, 6.45) is 0. The molecule has 0 aromatic heterocycles. The third-order valence-electron chi connectivity index (χ3n) is 0.702. The van der Waals surface area contributed by atoms with Crippen LogP contribution in [0.5, 0.6) is 0 Å². The summed E-state index contributed by atoms with van der Waals surface area (Å²) in [4.78, 5) is 1.96. The molecule has 0 rings (SSSR count). The summed E-state index contributed by atoms with van der Waals surface area (Å²) < 4.78 is 0.963. The van der Waals surface area contributed by atoms with Crippen LogP contribution in [0.15, 0.2) is 0 Å². The number of rotatable bonds is 1. The Balaban J connectivity index is 3.51. The predicted octanol–water partition coefficient (Wildman–Crippen LogP) is 1.97. The van der Waals surface area contributed by atoms with Crippen LogP contribution in [-0.4, -0.2) is 28.6 Å². The van der Waals surface area contributed by atoms with Crippen molar-refractivity contribution in [2.45, 2.75) is 19.1 Å².